The van der Waals surface area contributed by atoms with Gasteiger partial charge in [0.25, 0.3) is 0 Å². The standard InChI is InChI=1S/C14H18N2O3/c1-9-2-4-11-10(8-9)3-5-12(11)16-14(19)15-7-6-13(17)18/h2,4,8,12H,3,5-7H2,1H3,(H,17,18)(H2,15,16,19). The third kappa shape index (κ3) is 3.47. The van der Waals surface area contributed by atoms with Gasteiger partial charge in [-0.3, -0.25) is 4.79 Å². The van der Waals surface area contributed by atoms with Crippen LogP contribution in [-0.4, -0.2) is 23.7 Å². The molecule has 0 radical (unpaired) electrons. The van der Waals surface area contributed by atoms with Crippen molar-refractivity contribution in [3.8, 4) is 0 Å². The molecule has 5 heteroatoms. The van der Waals surface area contributed by atoms with Crippen LogP contribution in [0.2, 0.25) is 0 Å². The number of hydrogen-bond acceptors (Lipinski definition) is 2. The fourth-order valence-corrected chi connectivity index (χ4v) is 2.39. The van der Waals surface area contributed by atoms with Crippen LogP contribution in [-0.2, 0) is 11.2 Å². The summed E-state index contributed by atoms with van der Waals surface area (Å²) in [6.07, 6.45) is 1.80. The molecule has 0 bridgehead atoms. The minimum Gasteiger partial charge on any atom is -0.481 e. The predicted octanol–water partition coefficient (Wildman–Crippen LogP) is 1.76. The number of amides is 2. The van der Waals surface area contributed by atoms with E-state index in [1.807, 2.05) is 6.07 Å². The molecule has 0 fully saturated rings. The molecular formula is C14H18N2O3. The molecule has 2 rings (SSSR count). The molecule has 0 aromatic heterocycles. The number of carboxylic acids is 1. The maximum absolute atomic E-state index is 11.6. The van der Waals surface area contributed by atoms with Gasteiger partial charge in [0, 0.05) is 6.54 Å². The summed E-state index contributed by atoms with van der Waals surface area (Å²) >= 11 is 0. The van der Waals surface area contributed by atoms with E-state index in [0.717, 1.165) is 12.8 Å². The Morgan fingerprint density at radius 3 is 2.95 bits per heavy atom. The number of urea groups is 1. The number of carbonyl (C=O) groups is 2. The Morgan fingerprint density at radius 1 is 1.42 bits per heavy atom. The van der Waals surface area contributed by atoms with Gasteiger partial charge in [-0.2, -0.15) is 0 Å². The molecule has 0 heterocycles. The molecule has 0 saturated carbocycles. The highest BCUT2D eigenvalue weighted by atomic mass is 16.4. The highest BCUT2D eigenvalue weighted by Crippen LogP contribution is 2.31. The molecule has 3 N–H and O–H groups in total. The summed E-state index contributed by atoms with van der Waals surface area (Å²) in [7, 11) is 0. The van der Waals surface area contributed by atoms with Crippen LogP contribution in [0.4, 0.5) is 4.79 Å². The Labute approximate surface area is 112 Å². The second kappa shape index (κ2) is 5.73. The van der Waals surface area contributed by atoms with Gasteiger partial charge in [0.2, 0.25) is 0 Å². The van der Waals surface area contributed by atoms with Gasteiger partial charge in [0.1, 0.15) is 0 Å². The van der Waals surface area contributed by atoms with E-state index in [4.69, 9.17) is 5.11 Å². The van der Waals surface area contributed by atoms with E-state index in [1.54, 1.807) is 0 Å². The molecule has 0 saturated heterocycles. The number of aryl methyl sites for hydroxylation is 2. The van der Waals surface area contributed by atoms with Gasteiger partial charge in [-0.15, -0.1) is 0 Å². The van der Waals surface area contributed by atoms with E-state index in [0.29, 0.717) is 0 Å². The topological polar surface area (TPSA) is 78.4 Å². The van der Waals surface area contributed by atoms with E-state index >= 15 is 0 Å². The summed E-state index contributed by atoms with van der Waals surface area (Å²) in [5.74, 6) is -0.915. The van der Waals surface area contributed by atoms with Crippen molar-refractivity contribution in [2.45, 2.75) is 32.2 Å². The van der Waals surface area contributed by atoms with Gasteiger partial charge in [-0.25, -0.2) is 4.79 Å². The molecule has 5 nitrogen and oxygen atoms in total. The summed E-state index contributed by atoms with van der Waals surface area (Å²) in [6, 6.07) is 5.97. The Morgan fingerprint density at radius 2 is 2.21 bits per heavy atom. The molecule has 2 amide bonds. The van der Waals surface area contributed by atoms with E-state index in [-0.39, 0.29) is 25.0 Å². The minimum atomic E-state index is -0.915. The van der Waals surface area contributed by atoms with E-state index < -0.39 is 5.97 Å². The van der Waals surface area contributed by atoms with Crippen molar-refractivity contribution in [3.63, 3.8) is 0 Å². The fourth-order valence-electron chi connectivity index (χ4n) is 2.39. The van der Waals surface area contributed by atoms with Gasteiger partial charge in [-0.05, 0) is 30.9 Å². The van der Waals surface area contributed by atoms with Crippen LogP contribution in [0.3, 0.4) is 0 Å². The fraction of sp³-hybridized carbons (Fsp3) is 0.429. The lowest BCUT2D eigenvalue weighted by atomic mass is 10.1. The van der Waals surface area contributed by atoms with Crippen LogP contribution in [0.1, 0.15) is 35.6 Å². The first-order chi connectivity index (χ1) is 9.06. The van der Waals surface area contributed by atoms with Crippen molar-refractivity contribution in [3.05, 3.63) is 34.9 Å². The first kappa shape index (κ1) is 13.4. The molecule has 1 aromatic rings. The number of benzene rings is 1. The van der Waals surface area contributed by atoms with Crippen LogP contribution in [0.25, 0.3) is 0 Å². The Bertz CT molecular complexity index is 499. The van der Waals surface area contributed by atoms with Gasteiger partial charge in [-0.1, -0.05) is 23.8 Å². The minimum absolute atomic E-state index is 0.0282. The van der Waals surface area contributed by atoms with Crippen molar-refractivity contribution in [1.29, 1.82) is 0 Å². The molecular weight excluding hydrogens is 244 g/mol. The van der Waals surface area contributed by atoms with E-state index in [2.05, 4.69) is 29.7 Å². The Balaban J connectivity index is 1.88. The second-order valence-corrected chi connectivity index (χ2v) is 4.84. The van der Waals surface area contributed by atoms with Crippen molar-refractivity contribution >= 4 is 12.0 Å². The quantitative estimate of drug-likeness (QED) is 0.773. The molecule has 1 aliphatic carbocycles. The molecule has 1 aliphatic rings. The van der Waals surface area contributed by atoms with Crippen LogP contribution in [0.5, 0.6) is 0 Å². The summed E-state index contributed by atoms with van der Waals surface area (Å²) in [5, 5.41) is 13.9. The SMILES string of the molecule is Cc1ccc2c(c1)CCC2NC(=O)NCCC(=O)O. The third-order valence-corrected chi connectivity index (χ3v) is 3.31. The van der Waals surface area contributed by atoms with Crippen molar-refractivity contribution in [2.75, 3.05) is 6.54 Å². The highest BCUT2D eigenvalue weighted by molar-refractivity contribution is 5.75. The average molecular weight is 262 g/mol. The van der Waals surface area contributed by atoms with Crippen molar-refractivity contribution < 1.29 is 14.7 Å². The predicted molar refractivity (Wildman–Crippen MR) is 71.0 cm³/mol. The van der Waals surface area contributed by atoms with Gasteiger partial charge in [0.15, 0.2) is 0 Å². The monoisotopic (exact) mass is 262 g/mol. The maximum Gasteiger partial charge on any atom is 0.315 e. The average Bonchev–Trinajstić information content (AvgIpc) is 2.71. The zero-order valence-corrected chi connectivity index (χ0v) is 10.9. The molecule has 1 aromatic carbocycles. The van der Waals surface area contributed by atoms with Crippen molar-refractivity contribution in [2.24, 2.45) is 0 Å². The number of hydrogen-bond donors (Lipinski definition) is 3. The first-order valence-electron chi connectivity index (χ1n) is 6.42. The van der Waals surface area contributed by atoms with Gasteiger partial charge >= 0.3 is 12.0 Å². The van der Waals surface area contributed by atoms with Crippen LogP contribution < -0.4 is 10.6 Å². The molecule has 1 unspecified atom stereocenters. The summed E-state index contributed by atoms with van der Waals surface area (Å²) in [5.41, 5.74) is 3.68. The van der Waals surface area contributed by atoms with Crippen LogP contribution in [0, 0.1) is 6.92 Å². The lowest BCUT2D eigenvalue weighted by Crippen LogP contribution is -2.38. The lowest BCUT2D eigenvalue weighted by Gasteiger charge is -2.14. The number of rotatable bonds is 4. The van der Waals surface area contributed by atoms with E-state index in [9.17, 15) is 9.59 Å². The first-order valence-corrected chi connectivity index (χ1v) is 6.42. The Kier molecular flexibility index (Phi) is 4.04. The summed E-state index contributed by atoms with van der Waals surface area (Å²) in [6.45, 7) is 2.20. The summed E-state index contributed by atoms with van der Waals surface area (Å²) in [4.78, 5) is 22.0. The van der Waals surface area contributed by atoms with Gasteiger partial charge in [0.05, 0.1) is 12.5 Å². The Hall–Kier alpha value is -2.04. The van der Waals surface area contributed by atoms with Gasteiger partial charge < -0.3 is 15.7 Å². The maximum atomic E-state index is 11.6. The smallest absolute Gasteiger partial charge is 0.315 e. The zero-order valence-electron chi connectivity index (χ0n) is 10.9. The largest absolute Gasteiger partial charge is 0.481 e. The molecule has 1 atom stereocenters. The number of fused-ring (bicyclic) bond motifs is 1. The summed E-state index contributed by atoms with van der Waals surface area (Å²) < 4.78 is 0. The molecule has 0 aliphatic heterocycles. The highest BCUT2D eigenvalue weighted by Gasteiger charge is 2.23. The van der Waals surface area contributed by atoms with Crippen LogP contribution >= 0.6 is 0 Å². The second-order valence-electron chi connectivity index (χ2n) is 4.84. The third-order valence-electron chi connectivity index (χ3n) is 3.31. The molecule has 19 heavy (non-hydrogen) atoms. The van der Waals surface area contributed by atoms with Crippen molar-refractivity contribution in [1.82, 2.24) is 10.6 Å². The number of aliphatic carboxylic acids is 1. The van der Waals surface area contributed by atoms with E-state index in [1.165, 1.54) is 16.7 Å². The molecule has 102 valence electrons. The normalized spacial score (nSPS) is 16.8. The number of carbonyl (C=O) groups excluding carboxylic acids is 1. The number of carboxylic acid groups (broad SMARTS) is 1. The zero-order chi connectivity index (χ0) is 13.8. The van der Waals surface area contributed by atoms with Crippen LogP contribution in [0.15, 0.2) is 18.2 Å². The number of nitrogens with one attached hydrogen (secondary N) is 2. The lowest BCUT2D eigenvalue weighted by molar-refractivity contribution is -0.136. The molecule has 0 spiro atoms.